The molecule has 6 heteroatoms. The number of para-hydroxylation sites is 2. The fourth-order valence-electron chi connectivity index (χ4n) is 3.07. The summed E-state index contributed by atoms with van der Waals surface area (Å²) >= 11 is 0. The molecule has 0 aliphatic heterocycles. The van der Waals surface area contributed by atoms with E-state index in [2.05, 4.69) is 10.6 Å². The zero-order valence-corrected chi connectivity index (χ0v) is 18.1. The number of carbonyl (C=O) groups is 2. The molecule has 3 aromatic rings. The summed E-state index contributed by atoms with van der Waals surface area (Å²) in [5.41, 5.74) is 3.94. The molecule has 0 heterocycles. The zero-order chi connectivity index (χ0) is 22.4. The van der Waals surface area contributed by atoms with Crippen molar-refractivity contribution in [1.29, 1.82) is 0 Å². The Morgan fingerprint density at radius 3 is 2.26 bits per heavy atom. The summed E-state index contributed by atoms with van der Waals surface area (Å²) in [5.74, 6) is 0.568. The zero-order valence-electron chi connectivity index (χ0n) is 18.1. The largest absolute Gasteiger partial charge is 0.495 e. The fourth-order valence-corrected chi connectivity index (χ4v) is 3.07. The predicted octanol–water partition coefficient (Wildman–Crippen LogP) is 4.97. The van der Waals surface area contributed by atoms with Crippen LogP contribution in [0.5, 0.6) is 11.5 Å². The van der Waals surface area contributed by atoms with Crippen molar-refractivity contribution >= 4 is 23.2 Å². The summed E-state index contributed by atoms with van der Waals surface area (Å²) in [6.45, 7) is 5.63. The maximum atomic E-state index is 12.5. The van der Waals surface area contributed by atoms with Gasteiger partial charge >= 0.3 is 0 Å². The van der Waals surface area contributed by atoms with Gasteiger partial charge in [0.05, 0.1) is 12.8 Å². The van der Waals surface area contributed by atoms with Gasteiger partial charge in [0.15, 0.2) is 6.10 Å². The molecule has 2 N–H and O–H groups in total. The highest BCUT2D eigenvalue weighted by molar-refractivity contribution is 6.05. The molecule has 3 rings (SSSR count). The second-order valence-corrected chi connectivity index (χ2v) is 7.25. The molecule has 1 unspecified atom stereocenters. The number of methoxy groups -OCH3 is 1. The Morgan fingerprint density at radius 1 is 0.871 bits per heavy atom. The lowest BCUT2D eigenvalue weighted by atomic mass is 10.1. The number of ether oxygens (including phenoxy) is 2. The summed E-state index contributed by atoms with van der Waals surface area (Å²) < 4.78 is 11.0. The quantitative estimate of drug-likeness (QED) is 0.568. The first kappa shape index (κ1) is 21.9. The third-order valence-electron chi connectivity index (χ3n) is 4.79. The van der Waals surface area contributed by atoms with E-state index in [1.807, 2.05) is 44.2 Å². The monoisotopic (exact) mass is 418 g/mol. The highest BCUT2D eigenvalue weighted by Gasteiger charge is 2.16. The van der Waals surface area contributed by atoms with E-state index in [1.54, 1.807) is 50.4 Å². The van der Waals surface area contributed by atoms with Gasteiger partial charge in [0, 0.05) is 11.3 Å². The van der Waals surface area contributed by atoms with Crippen molar-refractivity contribution in [2.45, 2.75) is 26.9 Å². The van der Waals surface area contributed by atoms with Crippen LogP contribution >= 0.6 is 0 Å². The van der Waals surface area contributed by atoms with Gasteiger partial charge in [-0.2, -0.15) is 0 Å². The molecule has 0 aliphatic rings. The number of carbonyl (C=O) groups excluding carboxylic acids is 2. The number of amides is 2. The minimum absolute atomic E-state index is 0.245. The van der Waals surface area contributed by atoms with E-state index in [0.717, 1.165) is 16.8 Å². The van der Waals surface area contributed by atoms with E-state index in [1.165, 1.54) is 0 Å². The molecule has 0 aliphatic carbocycles. The summed E-state index contributed by atoms with van der Waals surface area (Å²) in [7, 11) is 1.55. The van der Waals surface area contributed by atoms with Crippen molar-refractivity contribution in [1.82, 2.24) is 0 Å². The van der Waals surface area contributed by atoms with Crippen molar-refractivity contribution < 1.29 is 19.1 Å². The number of rotatable bonds is 7. The highest BCUT2D eigenvalue weighted by atomic mass is 16.5. The lowest BCUT2D eigenvalue weighted by Crippen LogP contribution is -2.30. The van der Waals surface area contributed by atoms with Crippen molar-refractivity contribution in [3.05, 3.63) is 83.4 Å². The van der Waals surface area contributed by atoms with Crippen molar-refractivity contribution in [3.63, 3.8) is 0 Å². The van der Waals surface area contributed by atoms with Crippen LogP contribution in [0.3, 0.4) is 0 Å². The number of hydrogen-bond acceptors (Lipinski definition) is 4. The molecule has 31 heavy (non-hydrogen) atoms. The molecule has 0 saturated heterocycles. The van der Waals surface area contributed by atoms with Crippen molar-refractivity contribution in [2.75, 3.05) is 17.7 Å². The van der Waals surface area contributed by atoms with Gasteiger partial charge < -0.3 is 20.1 Å². The van der Waals surface area contributed by atoms with Gasteiger partial charge in [0.25, 0.3) is 11.8 Å². The maximum absolute atomic E-state index is 12.5. The lowest BCUT2D eigenvalue weighted by Gasteiger charge is -2.16. The Labute approximate surface area is 182 Å². The molecule has 0 aromatic heterocycles. The van der Waals surface area contributed by atoms with Crippen LogP contribution in [0.2, 0.25) is 0 Å². The Balaban J connectivity index is 1.60. The first-order valence-electron chi connectivity index (χ1n) is 9.96. The molecule has 3 aromatic carbocycles. The Kier molecular flexibility index (Phi) is 6.92. The SMILES string of the molecule is COc1ccccc1NC(=O)c1ccc(OC(C)C(=O)Nc2ccc(C)cc2C)cc1. The molecule has 1 atom stereocenters. The highest BCUT2D eigenvalue weighted by Crippen LogP contribution is 2.24. The molecule has 0 spiro atoms. The van der Waals surface area contributed by atoms with Gasteiger partial charge in [0.1, 0.15) is 11.5 Å². The smallest absolute Gasteiger partial charge is 0.265 e. The van der Waals surface area contributed by atoms with E-state index in [0.29, 0.717) is 22.7 Å². The molecule has 0 saturated carbocycles. The van der Waals surface area contributed by atoms with Crippen molar-refractivity contribution in [2.24, 2.45) is 0 Å². The predicted molar refractivity (Wildman–Crippen MR) is 122 cm³/mol. The Hall–Kier alpha value is -3.80. The topological polar surface area (TPSA) is 76.7 Å². The number of nitrogens with one attached hydrogen (secondary N) is 2. The minimum Gasteiger partial charge on any atom is -0.495 e. The van der Waals surface area contributed by atoms with Gasteiger partial charge in [-0.05, 0) is 68.8 Å². The second kappa shape index (κ2) is 9.80. The number of benzene rings is 3. The summed E-state index contributed by atoms with van der Waals surface area (Å²) in [4.78, 5) is 25.0. The van der Waals surface area contributed by atoms with Crippen LogP contribution in [0.15, 0.2) is 66.7 Å². The van der Waals surface area contributed by atoms with E-state index in [-0.39, 0.29) is 11.8 Å². The van der Waals surface area contributed by atoms with Gasteiger partial charge in [-0.25, -0.2) is 0 Å². The van der Waals surface area contributed by atoms with E-state index in [9.17, 15) is 9.59 Å². The third-order valence-corrected chi connectivity index (χ3v) is 4.79. The van der Waals surface area contributed by atoms with E-state index < -0.39 is 6.10 Å². The molecular formula is C25H26N2O4. The van der Waals surface area contributed by atoms with Crippen molar-refractivity contribution in [3.8, 4) is 11.5 Å². The second-order valence-electron chi connectivity index (χ2n) is 7.25. The fraction of sp³-hybridized carbons (Fsp3) is 0.200. The molecule has 160 valence electrons. The van der Waals surface area contributed by atoms with Crippen LogP contribution in [0.4, 0.5) is 11.4 Å². The van der Waals surface area contributed by atoms with E-state index in [4.69, 9.17) is 9.47 Å². The van der Waals surface area contributed by atoms with Crippen LogP contribution in [0, 0.1) is 13.8 Å². The summed E-state index contributed by atoms with van der Waals surface area (Å²) in [6.07, 6.45) is -0.700. The number of aryl methyl sites for hydroxylation is 2. The summed E-state index contributed by atoms with van der Waals surface area (Å²) in [5, 5.41) is 5.71. The maximum Gasteiger partial charge on any atom is 0.265 e. The Morgan fingerprint density at radius 2 is 1.58 bits per heavy atom. The molecular weight excluding hydrogens is 392 g/mol. The summed E-state index contributed by atoms with van der Waals surface area (Å²) in [6, 6.07) is 19.7. The first-order valence-corrected chi connectivity index (χ1v) is 9.96. The van der Waals surface area contributed by atoms with Gasteiger partial charge in [-0.3, -0.25) is 9.59 Å². The standard InChI is InChI=1S/C25H26N2O4/c1-16-9-14-21(17(2)15-16)26-24(28)18(3)31-20-12-10-19(11-13-20)25(29)27-22-7-5-6-8-23(22)30-4/h5-15,18H,1-4H3,(H,26,28)(H,27,29). The van der Waals surface area contributed by atoms with Crippen LogP contribution in [-0.4, -0.2) is 25.0 Å². The molecule has 2 amide bonds. The lowest BCUT2D eigenvalue weighted by molar-refractivity contribution is -0.122. The normalized spacial score (nSPS) is 11.4. The molecule has 0 radical (unpaired) electrons. The minimum atomic E-state index is -0.700. The van der Waals surface area contributed by atoms with Gasteiger partial charge in [0.2, 0.25) is 0 Å². The third kappa shape index (κ3) is 5.63. The van der Waals surface area contributed by atoms with E-state index >= 15 is 0 Å². The van der Waals surface area contributed by atoms with Gasteiger partial charge in [-0.1, -0.05) is 29.8 Å². The number of hydrogen-bond donors (Lipinski definition) is 2. The van der Waals surface area contributed by atoms with Crippen LogP contribution in [0.25, 0.3) is 0 Å². The average Bonchev–Trinajstić information content (AvgIpc) is 2.76. The van der Waals surface area contributed by atoms with Crippen LogP contribution in [0.1, 0.15) is 28.4 Å². The molecule has 0 fully saturated rings. The average molecular weight is 418 g/mol. The molecule has 0 bridgehead atoms. The van der Waals surface area contributed by atoms with Gasteiger partial charge in [-0.15, -0.1) is 0 Å². The van der Waals surface area contributed by atoms with Crippen LogP contribution < -0.4 is 20.1 Å². The first-order chi connectivity index (χ1) is 14.9. The molecule has 6 nitrogen and oxygen atoms in total. The Bertz CT molecular complexity index is 1080. The number of anilines is 2. The van der Waals surface area contributed by atoms with Crippen LogP contribution in [-0.2, 0) is 4.79 Å².